The largest absolute Gasteiger partial charge is 0.343 e. The van der Waals surface area contributed by atoms with Crippen LogP contribution in [0.5, 0.6) is 0 Å². The molecule has 2 rings (SSSR count). The molecule has 0 unspecified atom stereocenters. The maximum atomic E-state index is 12.0. The molecule has 0 saturated carbocycles. The van der Waals surface area contributed by atoms with Gasteiger partial charge in [-0.3, -0.25) is 4.79 Å². The topological polar surface area (TPSA) is 41.0 Å². The summed E-state index contributed by atoms with van der Waals surface area (Å²) in [5, 5.41) is 0. The number of amides is 1. The molecule has 1 aromatic rings. The van der Waals surface area contributed by atoms with Gasteiger partial charge in [0.2, 0.25) is 5.91 Å². The second kappa shape index (κ2) is 5.69. The van der Waals surface area contributed by atoms with Crippen molar-refractivity contribution in [3.8, 4) is 0 Å². The third-order valence-electron chi connectivity index (χ3n) is 3.50. The van der Waals surface area contributed by atoms with Crippen molar-refractivity contribution in [2.75, 3.05) is 13.1 Å². The third-order valence-corrected chi connectivity index (χ3v) is 3.84. The number of carbonyl (C=O) groups excluding carboxylic acids is 1. The summed E-state index contributed by atoms with van der Waals surface area (Å²) < 4.78 is 2.77. The van der Waals surface area contributed by atoms with E-state index in [9.17, 15) is 4.79 Å². The van der Waals surface area contributed by atoms with Crippen LogP contribution in [0.1, 0.15) is 44.7 Å². The van der Waals surface area contributed by atoms with Crippen molar-refractivity contribution >= 4 is 18.1 Å². The lowest BCUT2D eigenvalue weighted by Gasteiger charge is -2.16. The van der Waals surface area contributed by atoms with Gasteiger partial charge in [0.05, 0.1) is 0 Å². The van der Waals surface area contributed by atoms with Crippen molar-refractivity contribution in [1.82, 2.24) is 14.5 Å². The number of H-pyrrole nitrogens is 1. The van der Waals surface area contributed by atoms with E-state index in [-0.39, 0.29) is 5.91 Å². The number of nitrogens with one attached hydrogen (secondary N) is 1. The quantitative estimate of drug-likeness (QED) is 0.852. The summed E-state index contributed by atoms with van der Waals surface area (Å²) >= 11 is 5.26. The molecule has 1 aromatic heterocycles. The molecule has 1 N–H and O–H groups in total. The lowest BCUT2D eigenvalue weighted by atomic mass is 10.1. The molecule has 0 aromatic carbocycles. The molecular formula is C13H21N3OS. The molecule has 1 aliphatic rings. The maximum absolute atomic E-state index is 12.0. The van der Waals surface area contributed by atoms with Gasteiger partial charge in [0.15, 0.2) is 4.77 Å². The second-order valence-electron chi connectivity index (χ2n) is 5.16. The van der Waals surface area contributed by atoms with E-state index in [2.05, 4.69) is 18.8 Å². The molecule has 4 nitrogen and oxygen atoms in total. The Bertz CT molecular complexity index is 469. The van der Waals surface area contributed by atoms with Gasteiger partial charge in [-0.1, -0.05) is 13.8 Å². The Balaban J connectivity index is 1.99. The highest BCUT2D eigenvalue weighted by molar-refractivity contribution is 7.71. The fraction of sp³-hybridized carbons (Fsp3) is 0.692. The van der Waals surface area contributed by atoms with Crippen molar-refractivity contribution in [3.05, 3.63) is 16.7 Å². The van der Waals surface area contributed by atoms with Crippen LogP contribution in [0.15, 0.2) is 6.20 Å². The minimum absolute atomic E-state index is 0.255. The van der Waals surface area contributed by atoms with Gasteiger partial charge < -0.3 is 14.5 Å². The average Bonchev–Trinajstić information content (AvgIpc) is 2.95. The Kier molecular flexibility index (Phi) is 4.22. The van der Waals surface area contributed by atoms with E-state index < -0.39 is 0 Å². The summed E-state index contributed by atoms with van der Waals surface area (Å²) in [6, 6.07) is 0. The highest BCUT2D eigenvalue weighted by Gasteiger charge is 2.18. The van der Waals surface area contributed by atoms with Gasteiger partial charge in [-0.2, -0.15) is 0 Å². The molecule has 0 spiro atoms. The van der Waals surface area contributed by atoms with E-state index in [1.807, 2.05) is 15.7 Å². The molecule has 1 saturated heterocycles. The lowest BCUT2D eigenvalue weighted by Crippen LogP contribution is -2.28. The summed E-state index contributed by atoms with van der Waals surface area (Å²) in [6.07, 6.45) is 4.79. The predicted molar refractivity (Wildman–Crippen MR) is 74.1 cm³/mol. The molecule has 1 amide bonds. The van der Waals surface area contributed by atoms with Gasteiger partial charge in [0.1, 0.15) is 0 Å². The van der Waals surface area contributed by atoms with Crippen LogP contribution in [0.25, 0.3) is 0 Å². The molecule has 0 radical (unpaired) electrons. The molecule has 0 aliphatic carbocycles. The average molecular weight is 267 g/mol. The van der Waals surface area contributed by atoms with Gasteiger partial charge in [-0.05, 0) is 31.0 Å². The second-order valence-corrected chi connectivity index (χ2v) is 5.55. The summed E-state index contributed by atoms with van der Waals surface area (Å²) in [6.45, 7) is 6.81. The van der Waals surface area contributed by atoms with Gasteiger partial charge in [-0.15, -0.1) is 0 Å². The van der Waals surface area contributed by atoms with Crippen LogP contribution in [0.3, 0.4) is 0 Å². The van der Waals surface area contributed by atoms with Crippen molar-refractivity contribution < 1.29 is 4.79 Å². The van der Waals surface area contributed by atoms with E-state index >= 15 is 0 Å². The first-order valence-corrected chi connectivity index (χ1v) is 7.06. The first kappa shape index (κ1) is 13.3. The molecule has 2 heterocycles. The van der Waals surface area contributed by atoms with Crippen LogP contribution in [0.4, 0.5) is 0 Å². The van der Waals surface area contributed by atoms with Crippen molar-refractivity contribution in [1.29, 1.82) is 0 Å². The number of nitrogens with zero attached hydrogens (tertiary/aromatic N) is 2. The van der Waals surface area contributed by atoms with E-state index in [0.29, 0.717) is 23.7 Å². The van der Waals surface area contributed by atoms with Gasteiger partial charge >= 0.3 is 0 Å². The fourth-order valence-corrected chi connectivity index (χ4v) is 2.71. The zero-order valence-corrected chi connectivity index (χ0v) is 11.9. The van der Waals surface area contributed by atoms with Crippen molar-refractivity contribution in [2.45, 2.75) is 45.6 Å². The number of hydrogen-bond acceptors (Lipinski definition) is 2. The monoisotopic (exact) mass is 267 g/mol. The van der Waals surface area contributed by atoms with Gasteiger partial charge in [-0.25, -0.2) is 0 Å². The van der Waals surface area contributed by atoms with E-state index in [4.69, 9.17) is 12.2 Å². The van der Waals surface area contributed by atoms with E-state index in [1.54, 1.807) is 0 Å². The highest BCUT2D eigenvalue weighted by Crippen LogP contribution is 2.16. The number of carbonyl (C=O) groups is 1. The normalized spacial score (nSPS) is 15.6. The minimum Gasteiger partial charge on any atom is -0.343 e. The molecule has 100 valence electrons. The van der Waals surface area contributed by atoms with E-state index in [1.165, 1.54) is 5.69 Å². The van der Waals surface area contributed by atoms with Crippen LogP contribution < -0.4 is 0 Å². The fourth-order valence-electron chi connectivity index (χ4n) is 2.45. The number of aromatic nitrogens is 2. The summed E-state index contributed by atoms with van der Waals surface area (Å²) in [7, 11) is 0. The Hall–Kier alpha value is -1.10. The van der Waals surface area contributed by atoms with Crippen molar-refractivity contribution in [2.24, 2.45) is 0 Å². The number of aromatic amines is 1. The summed E-state index contributed by atoms with van der Waals surface area (Å²) in [4.78, 5) is 17.0. The number of rotatable bonds is 4. The van der Waals surface area contributed by atoms with Gasteiger partial charge in [0, 0.05) is 37.9 Å². The Morgan fingerprint density at radius 3 is 2.72 bits per heavy atom. The highest BCUT2D eigenvalue weighted by atomic mass is 32.1. The Labute approximate surface area is 113 Å². The third kappa shape index (κ3) is 2.83. The summed E-state index contributed by atoms with van der Waals surface area (Å²) in [5.41, 5.74) is 1.18. The molecule has 18 heavy (non-hydrogen) atoms. The van der Waals surface area contributed by atoms with Crippen LogP contribution in [-0.4, -0.2) is 33.4 Å². The zero-order chi connectivity index (χ0) is 13.1. The van der Waals surface area contributed by atoms with Crippen LogP contribution in [0.2, 0.25) is 0 Å². The summed E-state index contributed by atoms with van der Waals surface area (Å²) in [5.74, 6) is 0.671. The molecule has 0 bridgehead atoms. The molecule has 1 aliphatic heterocycles. The number of hydrogen-bond donors (Lipinski definition) is 1. The Morgan fingerprint density at radius 1 is 1.44 bits per heavy atom. The molecule has 1 fully saturated rings. The molecule has 5 heteroatoms. The maximum Gasteiger partial charge on any atom is 0.224 e. The number of imidazole rings is 1. The first-order valence-electron chi connectivity index (χ1n) is 6.65. The molecule has 0 atom stereocenters. The smallest absolute Gasteiger partial charge is 0.224 e. The first-order chi connectivity index (χ1) is 8.59. The van der Waals surface area contributed by atoms with Crippen molar-refractivity contribution in [3.63, 3.8) is 0 Å². The predicted octanol–water partition coefficient (Wildman–Crippen LogP) is 2.68. The van der Waals surface area contributed by atoms with Gasteiger partial charge in [0.25, 0.3) is 0 Å². The van der Waals surface area contributed by atoms with Crippen LogP contribution in [-0.2, 0) is 11.3 Å². The SMILES string of the molecule is CC(C)c1c[nH]c(=S)n1CCC(=O)N1CCCC1. The Morgan fingerprint density at radius 2 is 2.11 bits per heavy atom. The van der Waals surface area contributed by atoms with Crippen LogP contribution >= 0.6 is 12.2 Å². The van der Waals surface area contributed by atoms with Crippen LogP contribution in [0, 0.1) is 4.77 Å². The zero-order valence-electron chi connectivity index (χ0n) is 11.1. The molecular weight excluding hydrogens is 246 g/mol. The minimum atomic E-state index is 0.255. The number of likely N-dealkylation sites (tertiary alicyclic amines) is 1. The van der Waals surface area contributed by atoms with E-state index in [0.717, 1.165) is 25.9 Å². The lowest BCUT2D eigenvalue weighted by molar-refractivity contribution is -0.130. The standard InChI is InChI=1S/C13H21N3OS/c1-10(2)11-9-14-13(18)16(11)8-5-12(17)15-6-3-4-7-15/h9-10H,3-8H2,1-2H3,(H,14,18).